The SMILES string of the molecule is CCC[N+](N)(C(=O)NCC)C(=O)c1ccsc1. The number of quaternary nitrogens is 1. The average Bonchev–Trinajstić information content (AvgIpc) is 2.81. The lowest BCUT2D eigenvalue weighted by atomic mass is 10.2. The fourth-order valence-corrected chi connectivity index (χ4v) is 2.19. The summed E-state index contributed by atoms with van der Waals surface area (Å²) >= 11 is 1.41. The highest BCUT2D eigenvalue weighted by Crippen LogP contribution is 2.14. The lowest BCUT2D eigenvalue weighted by Crippen LogP contribution is -2.66. The van der Waals surface area contributed by atoms with Crippen molar-refractivity contribution < 1.29 is 14.2 Å². The monoisotopic (exact) mass is 256 g/mol. The Morgan fingerprint density at radius 3 is 2.65 bits per heavy atom. The minimum absolute atomic E-state index is 0.292. The third-order valence-electron chi connectivity index (χ3n) is 2.40. The quantitative estimate of drug-likeness (QED) is 0.373. The molecule has 1 aromatic rings. The largest absolute Gasteiger partial charge is 0.443 e. The van der Waals surface area contributed by atoms with Crippen LogP contribution in [0, 0.1) is 0 Å². The fourth-order valence-electron chi connectivity index (χ4n) is 1.56. The number of urea groups is 1. The maximum atomic E-state index is 12.2. The lowest BCUT2D eigenvalue weighted by molar-refractivity contribution is -0.780. The van der Waals surface area contributed by atoms with E-state index in [4.69, 9.17) is 5.84 Å². The van der Waals surface area contributed by atoms with Gasteiger partial charge in [0.1, 0.15) is 6.54 Å². The summed E-state index contributed by atoms with van der Waals surface area (Å²) in [6.07, 6.45) is 0.656. The second kappa shape index (κ2) is 5.90. The molecule has 0 aliphatic heterocycles. The van der Waals surface area contributed by atoms with Crippen LogP contribution in [0.3, 0.4) is 0 Å². The molecule has 1 unspecified atom stereocenters. The predicted octanol–water partition coefficient (Wildman–Crippen LogP) is 1.72. The van der Waals surface area contributed by atoms with Gasteiger partial charge < -0.3 is 5.32 Å². The van der Waals surface area contributed by atoms with Crippen molar-refractivity contribution in [2.24, 2.45) is 5.84 Å². The molecule has 1 atom stereocenters. The van der Waals surface area contributed by atoms with Crippen LogP contribution in [0.2, 0.25) is 0 Å². The van der Waals surface area contributed by atoms with Crippen molar-refractivity contribution in [3.05, 3.63) is 22.4 Å². The van der Waals surface area contributed by atoms with Gasteiger partial charge in [-0.3, -0.25) is 0 Å². The predicted molar refractivity (Wildman–Crippen MR) is 67.3 cm³/mol. The van der Waals surface area contributed by atoms with Crippen molar-refractivity contribution in [2.75, 3.05) is 13.1 Å². The molecule has 3 N–H and O–H groups in total. The van der Waals surface area contributed by atoms with Gasteiger partial charge in [-0.2, -0.15) is 17.2 Å². The fraction of sp³-hybridized carbons (Fsp3) is 0.455. The van der Waals surface area contributed by atoms with Gasteiger partial charge >= 0.3 is 11.9 Å². The zero-order valence-corrected chi connectivity index (χ0v) is 10.9. The van der Waals surface area contributed by atoms with E-state index in [1.54, 1.807) is 23.8 Å². The van der Waals surface area contributed by atoms with Crippen LogP contribution in [0.4, 0.5) is 4.79 Å². The number of amides is 3. The summed E-state index contributed by atoms with van der Waals surface area (Å²) in [6, 6.07) is 1.23. The van der Waals surface area contributed by atoms with Crippen LogP contribution in [0.15, 0.2) is 16.8 Å². The van der Waals surface area contributed by atoms with Crippen LogP contribution >= 0.6 is 11.3 Å². The number of carbonyl (C=O) groups is 2. The molecule has 17 heavy (non-hydrogen) atoms. The molecule has 5 nitrogen and oxygen atoms in total. The molecule has 0 radical (unpaired) electrons. The molecule has 0 aliphatic carbocycles. The van der Waals surface area contributed by atoms with Crippen LogP contribution in [0.25, 0.3) is 0 Å². The minimum atomic E-state index is -0.707. The van der Waals surface area contributed by atoms with E-state index in [9.17, 15) is 9.59 Å². The van der Waals surface area contributed by atoms with E-state index in [-0.39, 0.29) is 5.91 Å². The molecule has 0 aliphatic rings. The van der Waals surface area contributed by atoms with Gasteiger partial charge in [-0.05, 0) is 24.8 Å². The number of rotatable bonds is 4. The summed E-state index contributed by atoms with van der Waals surface area (Å²) in [5.41, 5.74) is 0.484. The van der Waals surface area contributed by atoms with Crippen LogP contribution in [-0.4, -0.2) is 29.6 Å². The zero-order chi connectivity index (χ0) is 12.9. The average molecular weight is 256 g/mol. The summed E-state index contributed by atoms with van der Waals surface area (Å²) in [4.78, 5) is 24.1. The highest BCUT2D eigenvalue weighted by Gasteiger charge is 2.42. The highest BCUT2D eigenvalue weighted by molar-refractivity contribution is 7.08. The Kier molecular flexibility index (Phi) is 4.80. The van der Waals surface area contributed by atoms with Gasteiger partial charge in [-0.1, -0.05) is 6.92 Å². The van der Waals surface area contributed by atoms with Crippen LogP contribution in [0.5, 0.6) is 0 Å². The second-order valence-corrected chi connectivity index (χ2v) is 4.53. The van der Waals surface area contributed by atoms with Crippen LogP contribution in [0.1, 0.15) is 30.6 Å². The van der Waals surface area contributed by atoms with Crippen LogP contribution in [-0.2, 0) is 0 Å². The van der Waals surface area contributed by atoms with E-state index in [0.29, 0.717) is 25.1 Å². The zero-order valence-electron chi connectivity index (χ0n) is 10.1. The minimum Gasteiger partial charge on any atom is -0.304 e. The maximum absolute atomic E-state index is 12.2. The van der Waals surface area contributed by atoms with Gasteiger partial charge in [0.05, 0.1) is 5.56 Å². The number of nitrogens with one attached hydrogen (secondary N) is 1. The first-order valence-electron chi connectivity index (χ1n) is 5.58. The molecule has 6 heteroatoms. The third-order valence-corrected chi connectivity index (χ3v) is 3.08. The number of hydrogen-bond acceptors (Lipinski definition) is 4. The normalized spacial score (nSPS) is 14.1. The van der Waals surface area contributed by atoms with Gasteiger partial charge in [0.2, 0.25) is 0 Å². The molecular weight excluding hydrogens is 238 g/mol. The van der Waals surface area contributed by atoms with Gasteiger partial charge in [0, 0.05) is 11.9 Å². The standard InChI is InChI=1S/C11H17N3O2S/c1-3-6-14(12,11(16)13-4-2)10(15)9-5-7-17-8-9/h5,7-8H,3-4,6,12H2,1-2H3/p+1. The Hall–Kier alpha value is -1.24. The molecule has 1 aromatic heterocycles. The van der Waals surface area contributed by atoms with E-state index < -0.39 is 10.6 Å². The number of carbonyl (C=O) groups excluding carboxylic acids is 2. The van der Waals surface area contributed by atoms with Gasteiger partial charge in [-0.25, -0.2) is 9.59 Å². The molecule has 0 aromatic carbocycles. The van der Waals surface area contributed by atoms with Gasteiger partial charge in [0.25, 0.3) is 0 Å². The van der Waals surface area contributed by atoms with Crippen molar-refractivity contribution >= 4 is 23.3 Å². The Labute approximate surface area is 105 Å². The first kappa shape index (κ1) is 13.8. The molecule has 0 saturated carbocycles. The van der Waals surface area contributed by atoms with Crippen molar-refractivity contribution in [2.45, 2.75) is 20.3 Å². The Bertz CT molecular complexity index is 391. The second-order valence-electron chi connectivity index (χ2n) is 3.75. The van der Waals surface area contributed by atoms with E-state index in [0.717, 1.165) is 0 Å². The van der Waals surface area contributed by atoms with E-state index >= 15 is 0 Å². The molecule has 0 bridgehead atoms. The Morgan fingerprint density at radius 2 is 2.18 bits per heavy atom. The van der Waals surface area contributed by atoms with Crippen molar-refractivity contribution in [1.29, 1.82) is 0 Å². The Morgan fingerprint density at radius 1 is 1.47 bits per heavy atom. The maximum Gasteiger partial charge on any atom is 0.443 e. The third kappa shape index (κ3) is 2.91. The molecular formula is C11H18N3O2S+. The number of imide groups is 1. The summed E-state index contributed by atoms with van der Waals surface area (Å²) in [5.74, 6) is 5.59. The van der Waals surface area contributed by atoms with Gasteiger partial charge in [0.15, 0.2) is 0 Å². The van der Waals surface area contributed by atoms with Crippen LogP contribution < -0.4 is 11.2 Å². The first-order chi connectivity index (χ1) is 8.06. The van der Waals surface area contributed by atoms with Crippen molar-refractivity contribution in [3.63, 3.8) is 0 Å². The number of thiophene rings is 1. The van der Waals surface area contributed by atoms with Crippen molar-refractivity contribution in [1.82, 2.24) is 5.32 Å². The number of hydrogen-bond donors (Lipinski definition) is 2. The summed E-state index contributed by atoms with van der Waals surface area (Å²) in [6.45, 7) is 4.43. The van der Waals surface area contributed by atoms with Crippen molar-refractivity contribution in [3.8, 4) is 0 Å². The molecule has 3 amide bonds. The Balaban J connectivity index is 2.98. The molecule has 0 spiro atoms. The smallest absolute Gasteiger partial charge is 0.304 e. The summed E-state index contributed by atoms with van der Waals surface area (Å²) in [5, 5.41) is 6.10. The summed E-state index contributed by atoms with van der Waals surface area (Å²) in [7, 11) is 0. The molecule has 0 saturated heterocycles. The molecule has 1 rings (SSSR count). The molecule has 94 valence electrons. The summed E-state index contributed by atoms with van der Waals surface area (Å²) < 4.78 is -0.707. The lowest BCUT2D eigenvalue weighted by Gasteiger charge is -2.26. The molecule has 0 fully saturated rings. The number of nitrogens with two attached hydrogens (primary N) is 1. The van der Waals surface area contributed by atoms with E-state index in [1.807, 2.05) is 6.92 Å². The topological polar surface area (TPSA) is 72.2 Å². The van der Waals surface area contributed by atoms with Gasteiger partial charge in [-0.15, -0.1) is 4.59 Å². The highest BCUT2D eigenvalue weighted by atomic mass is 32.1. The number of nitrogens with zero attached hydrogens (tertiary/aromatic N) is 1. The molecule has 1 heterocycles. The van der Waals surface area contributed by atoms with E-state index in [2.05, 4.69) is 5.32 Å². The first-order valence-corrected chi connectivity index (χ1v) is 6.52. The van der Waals surface area contributed by atoms with E-state index in [1.165, 1.54) is 11.3 Å².